The van der Waals surface area contributed by atoms with Gasteiger partial charge in [0.2, 0.25) is 0 Å². The Balaban J connectivity index is 1.95. The SMILES string of the molecule is COc1ccc2c(C[NH+]3CCCCCC3)cc(=O)oc2c1. The molecule has 0 radical (unpaired) electrons. The van der Waals surface area contributed by atoms with Gasteiger partial charge in [-0.2, -0.15) is 0 Å². The number of ether oxygens (including phenoxy) is 1. The predicted molar refractivity (Wildman–Crippen MR) is 81.9 cm³/mol. The van der Waals surface area contributed by atoms with Gasteiger partial charge in [0, 0.05) is 23.1 Å². The van der Waals surface area contributed by atoms with Crippen LogP contribution in [0.1, 0.15) is 31.2 Å². The summed E-state index contributed by atoms with van der Waals surface area (Å²) in [7, 11) is 1.62. The molecule has 3 rings (SSSR count). The largest absolute Gasteiger partial charge is 0.497 e. The van der Waals surface area contributed by atoms with Gasteiger partial charge in [-0.1, -0.05) is 0 Å². The van der Waals surface area contributed by atoms with Crippen molar-refractivity contribution in [1.29, 1.82) is 0 Å². The highest BCUT2D eigenvalue weighted by Gasteiger charge is 2.16. The van der Waals surface area contributed by atoms with Crippen molar-refractivity contribution in [3.63, 3.8) is 0 Å². The fraction of sp³-hybridized carbons (Fsp3) is 0.471. The van der Waals surface area contributed by atoms with Crippen LogP contribution in [0.4, 0.5) is 0 Å². The first-order chi connectivity index (χ1) is 10.3. The van der Waals surface area contributed by atoms with E-state index in [2.05, 4.69) is 0 Å². The molecule has 0 bridgehead atoms. The minimum Gasteiger partial charge on any atom is -0.497 e. The van der Waals surface area contributed by atoms with Crippen LogP contribution in [0.25, 0.3) is 11.0 Å². The van der Waals surface area contributed by atoms with Gasteiger partial charge in [-0.3, -0.25) is 0 Å². The third-order valence-electron chi connectivity index (χ3n) is 4.29. The number of fused-ring (bicyclic) bond motifs is 1. The highest BCUT2D eigenvalue weighted by molar-refractivity contribution is 5.81. The lowest BCUT2D eigenvalue weighted by Gasteiger charge is -2.17. The van der Waals surface area contributed by atoms with Gasteiger partial charge in [-0.05, 0) is 37.8 Å². The van der Waals surface area contributed by atoms with E-state index in [-0.39, 0.29) is 5.63 Å². The number of likely N-dealkylation sites (tertiary alicyclic amines) is 1. The Bertz CT molecular complexity index is 669. The van der Waals surface area contributed by atoms with Gasteiger partial charge in [0.25, 0.3) is 0 Å². The molecule has 4 heteroatoms. The van der Waals surface area contributed by atoms with Gasteiger partial charge < -0.3 is 14.1 Å². The average Bonchev–Trinajstić information content (AvgIpc) is 2.75. The van der Waals surface area contributed by atoms with E-state index in [1.807, 2.05) is 12.1 Å². The van der Waals surface area contributed by atoms with E-state index in [9.17, 15) is 4.79 Å². The van der Waals surface area contributed by atoms with Gasteiger partial charge in [-0.15, -0.1) is 0 Å². The lowest BCUT2D eigenvalue weighted by atomic mass is 10.1. The molecule has 1 aromatic carbocycles. The molecule has 0 unspecified atom stereocenters. The highest BCUT2D eigenvalue weighted by Crippen LogP contribution is 2.22. The standard InChI is InChI=1S/C17H21NO3/c1-20-14-6-7-15-13(10-17(19)21-16(15)11-14)12-18-8-4-2-3-5-9-18/h6-7,10-11H,2-5,8-9,12H2,1H3/p+1. The van der Waals surface area contributed by atoms with Gasteiger partial charge in [0.1, 0.15) is 17.9 Å². The number of rotatable bonds is 3. The van der Waals surface area contributed by atoms with Gasteiger partial charge >= 0.3 is 5.63 Å². The maximum absolute atomic E-state index is 11.8. The summed E-state index contributed by atoms with van der Waals surface area (Å²) in [6.45, 7) is 3.28. The van der Waals surface area contributed by atoms with E-state index >= 15 is 0 Å². The Kier molecular flexibility index (Phi) is 4.25. The first kappa shape index (κ1) is 14.1. The summed E-state index contributed by atoms with van der Waals surface area (Å²) >= 11 is 0. The van der Waals surface area contributed by atoms with Crippen LogP contribution in [0.5, 0.6) is 5.75 Å². The number of quaternary nitrogens is 1. The highest BCUT2D eigenvalue weighted by atomic mass is 16.5. The van der Waals surface area contributed by atoms with E-state index in [4.69, 9.17) is 9.15 Å². The van der Waals surface area contributed by atoms with Crippen LogP contribution in [-0.2, 0) is 6.54 Å². The minimum atomic E-state index is -0.278. The van der Waals surface area contributed by atoms with Gasteiger partial charge in [-0.25, -0.2) is 4.79 Å². The molecule has 2 heterocycles. The van der Waals surface area contributed by atoms with E-state index in [0.717, 1.165) is 17.5 Å². The van der Waals surface area contributed by atoms with Crippen LogP contribution in [0.2, 0.25) is 0 Å². The molecule has 1 aliphatic heterocycles. The zero-order valence-electron chi connectivity index (χ0n) is 12.5. The lowest BCUT2D eigenvalue weighted by Crippen LogP contribution is -3.10. The van der Waals surface area contributed by atoms with E-state index in [0.29, 0.717) is 11.3 Å². The van der Waals surface area contributed by atoms with Crippen LogP contribution < -0.4 is 15.3 Å². The Morgan fingerprint density at radius 3 is 2.62 bits per heavy atom. The zero-order chi connectivity index (χ0) is 14.7. The molecule has 1 fully saturated rings. The Morgan fingerprint density at radius 2 is 1.90 bits per heavy atom. The summed E-state index contributed by atoms with van der Waals surface area (Å²) < 4.78 is 10.5. The second kappa shape index (κ2) is 6.31. The number of benzene rings is 1. The minimum absolute atomic E-state index is 0.278. The van der Waals surface area contributed by atoms with Crippen molar-refractivity contribution in [3.05, 3.63) is 40.2 Å². The monoisotopic (exact) mass is 288 g/mol. The van der Waals surface area contributed by atoms with Crippen LogP contribution in [-0.4, -0.2) is 20.2 Å². The summed E-state index contributed by atoms with van der Waals surface area (Å²) in [5.41, 5.74) is 1.42. The van der Waals surface area contributed by atoms with Crippen LogP contribution in [0.3, 0.4) is 0 Å². The Hall–Kier alpha value is -1.81. The second-order valence-corrected chi connectivity index (χ2v) is 5.79. The van der Waals surface area contributed by atoms with Crippen LogP contribution in [0.15, 0.2) is 33.5 Å². The van der Waals surface area contributed by atoms with Crippen molar-refractivity contribution in [2.45, 2.75) is 32.2 Å². The molecular formula is C17H22NO3+. The molecule has 21 heavy (non-hydrogen) atoms. The van der Waals surface area contributed by atoms with Gasteiger partial charge in [0.15, 0.2) is 0 Å². The molecular weight excluding hydrogens is 266 g/mol. The number of nitrogens with one attached hydrogen (secondary N) is 1. The molecule has 1 saturated heterocycles. The maximum atomic E-state index is 11.8. The third kappa shape index (κ3) is 3.27. The molecule has 0 amide bonds. The van der Waals surface area contributed by atoms with Crippen molar-refractivity contribution in [1.82, 2.24) is 0 Å². The van der Waals surface area contributed by atoms with E-state index in [1.165, 1.54) is 38.8 Å². The summed E-state index contributed by atoms with van der Waals surface area (Å²) in [5.74, 6) is 0.713. The fourth-order valence-electron chi connectivity index (χ4n) is 3.16. The quantitative estimate of drug-likeness (QED) is 0.875. The fourth-order valence-corrected chi connectivity index (χ4v) is 3.16. The number of methoxy groups -OCH3 is 1. The molecule has 1 N–H and O–H groups in total. The second-order valence-electron chi connectivity index (χ2n) is 5.79. The summed E-state index contributed by atoms with van der Waals surface area (Å²) in [6.07, 6.45) is 5.22. The summed E-state index contributed by atoms with van der Waals surface area (Å²) in [5, 5.41) is 1.02. The average molecular weight is 288 g/mol. The van der Waals surface area contributed by atoms with Gasteiger partial charge in [0.05, 0.1) is 20.2 Å². The van der Waals surface area contributed by atoms with Crippen molar-refractivity contribution in [3.8, 4) is 5.75 Å². The van der Waals surface area contributed by atoms with E-state index < -0.39 is 0 Å². The zero-order valence-corrected chi connectivity index (χ0v) is 12.5. The molecule has 1 aliphatic rings. The topological polar surface area (TPSA) is 43.9 Å². The van der Waals surface area contributed by atoms with Crippen molar-refractivity contribution in [2.75, 3.05) is 20.2 Å². The third-order valence-corrected chi connectivity index (χ3v) is 4.29. The first-order valence-corrected chi connectivity index (χ1v) is 7.70. The van der Waals surface area contributed by atoms with E-state index in [1.54, 1.807) is 24.1 Å². The van der Waals surface area contributed by atoms with Crippen molar-refractivity contribution >= 4 is 11.0 Å². The normalized spacial score (nSPS) is 16.8. The molecule has 0 atom stereocenters. The lowest BCUT2D eigenvalue weighted by molar-refractivity contribution is -0.913. The maximum Gasteiger partial charge on any atom is 0.336 e. The number of hydrogen-bond donors (Lipinski definition) is 1. The summed E-state index contributed by atoms with van der Waals surface area (Å²) in [6, 6.07) is 7.35. The smallest absolute Gasteiger partial charge is 0.336 e. The van der Waals surface area contributed by atoms with Crippen LogP contribution >= 0.6 is 0 Å². The molecule has 0 saturated carbocycles. The Labute approximate surface area is 124 Å². The van der Waals surface area contributed by atoms with Crippen LogP contribution in [0, 0.1) is 0 Å². The Morgan fingerprint density at radius 1 is 1.14 bits per heavy atom. The molecule has 112 valence electrons. The first-order valence-electron chi connectivity index (χ1n) is 7.70. The summed E-state index contributed by atoms with van der Waals surface area (Å²) in [4.78, 5) is 13.4. The number of hydrogen-bond acceptors (Lipinski definition) is 3. The molecule has 4 nitrogen and oxygen atoms in total. The molecule has 2 aromatic rings. The molecule has 0 spiro atoms. The molecule has 1 aromatic heterocycles. The predicted octanol–water partition coefficient (Wildman–Crippen LogP) is 1.76. The van der Waals surface area contributed by atoms with Crippen molar-refractivity contribution in [2.24, 2.45) is 0 Å². The molecule has 0 aliphatic carbocycles. The van der Waals surface area contributed by atoms with Crippen molar-refractivity contribution < 1.29 is 14.1 Å².